The van der Waals surface area contributed by atoms with Gasteiger partial charge in [0.25, 0.3) is 0 Å². The van der Waals surface area contributed by atoms with Crippen LogP contribution in [0.1, 0.15) is 0 Å². The van der Waals surface area contributed by atoms with Gasteiger partial charge in [-0.25, -0.2) is 19.9 Å². The van der Waals surface area contributed by atoms with E-state index in [1.54, 1.807) is 0 Å². The first-order valence-corrected chi connectivity index (χ1v) is 29.3. The molecule has 17 aromatic rings. The molecule has 0 aliphatic heterocycles. The summed E-state index contributed by atoms with van der Waals surface area (Å²) in [6.45, 7) is 0. The van der Waals surface area contributed by atoms with Gasteiger partial charge in [-0.05, 0) is 113 Å². The Hall–Kier alpha value is -10.9. The molecule has 0 saturated heterocycles. The first-order valence-electron chi connectivity index (χ1n) is 28.6. The standard InChI is InChI=1S/C54H34N4.C24H15BrN2/c1-3-14-36(15-4-1)52-46-31-25-35-13-7-8-18-42(35)53(46)56-54(55-52)37-23-28-41(29-24-37)58-48-21-11-9-19-43(48)45-30-26-39(34-51(45)58)38-27-32-50-47(33-38)44-20-10-12-22-49(44)57(50)40-16-5-2-6-17-40;25-19-13-10-18(11-14-19)24-26-22(17-7-2-1-3-8-17)21-15-12-16-6-4-5-9-20(16)23(21)27-24/h1-34H;1-15H. The predicted molar refractivity (Wildman–Crippen MR) is 358 cm³/mol. The van der Waals surface area contributed by atoms with Gasteiger partial charge in [-0.2, -0.15) is 0 Å². The van der Waals surface area contributed by atoms with Crippen molar-refractivity contribution in [3.63, 3.8) is 0 Å². The lowest BCUT2D eigenvalue weighted by atomic mass is 10.0. The van der Waals surface area contributed by atoms with Crippen molar-refractivity contribution in [2.75, 3.05) is 0 Å². The van der Waals surface area contributed by atoms with Crippen molar-refractivity contribution in [1.82, 2.24) is 29.1 Å². The molecule has 13 aromatic carbocycles. The van der Waals surface area contributed by atoms with Crippen LogP contribution in [-0.2, 0) is 0 Å². The van der Waals surface area contributed by atoms with Crippen LogP contribution in [-0.4, -0.2) is 29.1 Å². The first-order chi connectivity index (χ1) is 42.1. The molecule has 0 aliphatic carbocycles. The van der Waals surface area contributed by atoms with Crippen molar-refractivity contribution in [3.8, 4) is 67.8 Å². The number of nitrogens with zero attached hydrogens (tertiary/aromatic N) is 6. The van der Waals surface area contributed by atoms with Gasteiger partial charge in [-0.1, -0.05) is 222 Å². The Labute approximate surface area is 498 Å². The van der Waals surface area contributed by atoms with Gasteiger partial charge in [0.05, 0.1) is 44.5 Å². The fourth-order valence-corrected chi connectivity index (χ4v) is 12.7. The molecule has 0 amide bonds. The zero-order valence-electron chi connectivity index (χ0n) is 45.9. The fourth-order valence-electron chi connectivity index (χ4n) is 12.4. The summed E-state index contributed by atoms with van der Waals surface area (Å²) in [4.78, 5) is 20.4. The van der Waals surface area contributed by atoms with E-state index in [2.05, 4.69) is 274 Å². The van der Waals surface area contributed by atoms with Crippen LogP contribution in [0.4, 0.5) is 0 Å². The summed E-state index contributed by atoms with van der Waals surface area (Å²) in [7, 11) is 0. The normalized spacial score (nSPS) is 11.6. The van der Waals surface area contributed by atoms with Gasteiger partial charge in [-0.3, -0.25) is 0 Å². The lowest BCUT2D eigenvalue weighted by Gasteiger charge is -2.13. The van der Waals surface area contributed by atoms with E-state index in [9.17, 15) is 0 Å². The summed E-state index contributed by atoms with van der Waals surface area (Å²) in [5.41, 5.74) is 17.4. The van der Waals surface area contributed by atoms with Crippen molar-refractivity contribution in [1.29, 1.82) is 0 Å². The lowest BCUT2D eigenvalue weighted by molar-refractivity contribution is 1.17. The van der Waals surface area contributed by atoms with Crippen LogP contribution < -0.4 is 0 Å². The molecule has 0 N–H and O–H groups in total. The zero-order chi connectivity index (χ0) is 56.4. The van der Waals surface area contributed by atoms with Crippen LogP contribution in [0.25, 0.3) is 155 Å². The highest BCUT2D eigenvalue weighted by Crippen LogP contribution is 2.40. The molecule has 0 radical (unpaired) electrons. The molecular weight excluding hydrogens is 1100 g/mol. The Morgan fingerprint density at radius 1 is 0.235 bits per heavy atom. The molecule has 0 unspecified atom stereocenters. The molecule has 4 aromatic heterocycles. The molecular formula is C78H49BrN6. The van der Waals surface area contributed by atoms with Gasteiger partial charge in [-0.15, -0.1) is 0 Å². The molecule has 0 saturated carbocycles. The van der Waals surface area contributed by atoms with Gasteiger partial charge in [0.1, 0.15) is 0 Å². The maximum atomic E-state index is 5.24. The first kappa shape index (κ1) is 49.9. The third kappa shape index (κ3) is 8.80. The molecule has 17 rings (SSSR count). The minimum absolute atomic E-state index is 0.711. The van der Waals surface area contributed by atoms with Crippen LogP contribution in [0.15, 0.2) is 302 Å². The van der Waals surface area contributed by atoms with Crippen LogP contribution in [0, 0.1) is 0 Å². The number of rotatable bonds is 7. The summed E-state index contributed by atoms with van der Waals surface area (Å²) in [6, 6.07) is 105. The van der Waals surface area contributed by atoms with Gasteiger partial charge < -0.3 is 9.13 Å². The highest BCUT2D eigenvalue weighted by molar-refractivity contribution is 9.10. The molecule has 0 aliphatic rings. The fraction of sp³-hybridized carbons (Fsp3) is 0. The predicted octanol–water partition coefficient (Wildman–Crippen LogP) is 20.9. The maximum Gasteiger partial charge on any atom is 0.160 e. The minimum Gasteiger partial charge on any atom is -0.309 e. The Kier molecular flexibility index (Phi) is 12.2. The van der Waals surface area contributed by atoms with Crippen molar-refractivity contribution >= 4 is 103 Å². The van der Waals surface area contributed by atoms with Crippen LogP contribution in [0.3, 0.4) is 0 Å². The number of aromatic nitrogens is 6. The Balaban J connectivity index is 0.000000182. The van der Waals surface area contributed by atoms with E-state index in [4.69, 9.17) is 19.9 Å². The second kappa shape index (κ2) is 20.8. The largest absolute Gasteiger partial charge is 0.309 e. The highest BCUT2D eigenvalue weighted by Gasteiger charge is 2.19. The summed E-state index contributed by atoms with van der Waals surface area (Å²) < 4.78 is 5.80. The van der Waals surface area contributed by atoms with Gasteiger partial charge >= 0.3 is 0 Å². The summed E-state index contributed by atoms with van der Waals surface area (Å²) in [5, 5.41) is 11.7. The van der Waals surface area contributed by atoms with E-state index >= 15 is 0 Å². The average molecular weight is 1150 g/mol. The van der Waals surface area contributed by atoms with E-state index in [0.717, 1.165) is 93.4 Å². The Bertz CT molecular complexity index is 5410. The summed E-state index contributed by atoms with van der Waals surface area (Å²) >= 11 is 3.50. The van der Waals surface area contributed by atoms with E-state index in [-0.39, 0.29) is 0 Å². The minimum atomic E-state index is 0.711. The second-order valence-corrected chi connectivity index (χ2v) is 22.4. The quantitative estimate of drug-likeness (QED) is 0.149. The molecule has 0 fully saturated rings. The highest BCUT2D eigenvalue weighted by atomic mass is 79.9. The van der Waals surface area contributed by atoms with E-state index in [1.807, 2.05) is 48.5 Å². The van der Waals surface area contributed by atoms with Gasteiger partial charge in [0.15, 0.2) is 11.6 Å². The molecule has 0 spiro atoms. The van der Waals surface area contributed by atoms with Crippen molar-refractivity contribution in [2.45, 2.75) is 0 Å². The van der Waals surface area contributed by atoms with Gasteiger partial charge in [0, 0.05) is 81.2 Å². The molecule has 7 heteroatoms. The number of benzene rings is 13. The SMILES string of the molecule is Brc1ccc(-c2nc(-c3ccccc3)c3ccc4ccccc4c3n2)cc1.c1ccc(-c2nc(-c3ccc(-n4c5ccccc5c5ccc(-c6ccc7c(c6)c6ccccc6n7-c6ccccc6)cc54)cc3)nc3c2ccc2ccccc23)cc1. The summed E-state index contributed by atoms with van der Waals surface area (Å²) in [6.07, 6.45) is 0. The van der Waals surface area contributed by atoms with Crippen LogP contribution in [0.5, 0.6) is 0 Å². The van der Waals surface area contributed by atoms with Crippen molar-refractivity contribution < 1.29 is 0 Å². The number of halogens is 1. The van der Waals surface area contributed by atoms with Crippen molar-refractivity contribution in [2.24, 2.45) is 0 Å². The van der Waals surface area contributed by atoms with E-state index in [0.29, 0.717) is 5.82 Å². The molecule has 4 heterocycles. The van der Waals surface area contributed by atoms with E-state index < -0.39 is 0 Å². The third-order valence-electron chi connectivity index (χ3n) is 16.5. The smallest absolute Gasteiger partial charge is 0.160 e. The number of hydrogen-bond donors (Lipinski definition) is 0. The Morgan fingerprint density at radius 2 is 0.624 bits per heavy atom. The third-order valence-corrected chi connectivity index (χ3v) is 17.0. The topological polar surface area (TPSA) is 61.4 Å². The number of hydrogen-bond acceptors (Lipinski definition) is 4. The van der Waals surface area contributed by atoms with Crippen LogP contribution >= 0.6 is 15.9 Å². The maximum absolute atomic E-state index is 5.24. The lowest BCUT2D eigenvalue weighted by Crippen LogP contribution is -1.97. The molecule has 85 heavy (non-hydrogen) atoms. The molecule has 6 nitrogen and oxygen atoms in total. The van der Waals surface area contributed by atoms with Gasteiger partial charge in [0.2, 0.25) is 0 Å². The second-order valence-electron chi connectivity index (χ2n) is 21.4. The molecule has 0 atom stereocenters. The summed E-state index contributed by atoms with van der Waals surface area (Å²) in [5.74, 6) is 1.45. The van der Waals surface area contributed by atoms with Crippen molar-refractivity contribution in [3.05, 3.63) is 302 Å². The molecule has 398 valence electrons. The Morgan fingerprint density at radius 3 is 1.19 bits per heavy atom. The average Bonchev–Trinajstić information content (AvgIpc) is 2.27. The van der Waals surface area contributed by atoms with E-state index in [1.165, 1.54) is 60.0 Å². The van der Waals surface area contributed by atoms with Crippen LogP contribution in [0.2, 0.25) is 0 Å². The monoisotopic (exact) mass is 1150 g/mol. The zero-order valence-corrected chi connectivity index (χ0v) is 47.4. The number of para-hydroxylation sites is 3. The number of fused-ring (bicyclic) bond motifs is 12. The molecule has 0 bridgehead atoms.